The molecule has 0 heterocycles. The average Bonchev–Trinajstić information content (AvgIpc) is 2.42. The summed E-state index contributed by atoms with van der Waals surface area (Å²) >= 11 is 0. The Morgan fingerprint density at radius 2 is 1.90 bits per heavy atom. The molecule has 0 unspecified atom stereocenters. The highest BCUT2D eigenvalue weighted by Crippen LogP contribution is 2.29. The molecule has 0 saturated carbocycles. The average molecular weight is 288 g/mol. The lowest BCUT2D eigenvalue weighted by atomic mass is 9.83. The SMILES string of the molecule is CCC(CC)(CO)CNc1cc([N+](=O)[O-])c(F)cc1F. The molecule has 112 valence electrons. The van der Waals surface area contributed by atoms with E-state index in [0.717, 1.165) is 6.07 Å². The number of hydrogen-bond acceptors (Lipinski definition) is 4. The number of anilines is 1. The number of nitrogens with zero attached hydrogens (tertiary/aromatic N) is 1. The molecule has 0 aliphatic rings. The van der Waals surface area contributed by atoms with Gasteiger partial charge in [0.15, 0.2) is 0 Å². The normalized spacial score (nSPS) is 11.4. The fourth-order valence-electron chi connectivity index (χ4n) is 1.88. The van der Waals surface area contributed by atoms with E-state index in [4.69, 9.17) is 0 Å². The summed E-state index contributed by atoms with van der Waals surface area (Å²) in [7, 11) is 0. The van der Waals surface area contributed by atoms with E-state index in [-0.39, 0.29) is 18.8 Å². The fourth-order valence-corrected chi connectivity index (χ4v) is 1.88. The van der Waals surface area contributed by atoms with Gasteiger partial charge in [0.1, 0.15) is 5.82 Å². The largest absolute Gasteiger partial charge is 0.396 e. The summed E-state index contributed by atoms with van der Waals surface area (Å²) in [5.41, 5.74) is -1.36. The second kappa shape index (κ2) is 6.60. The molecule has 0 aliphatic heterocycles. The molecule has 0 spiro atoms. The number of nitro groups is 1. The minimum Gasteiger partial charge on any atom is -0.396 e. The molecule has 7 heteroatoms. The van der Waals surface area contributed by atoms with Crippen LogP contribution in [0.1, 0.15) is 26.7 Å². The molecule has 0 bridgehead atoms. The number of halogens is 2. The van der Waals surface area contributed by atoms with E-state index < -0.39 is 27.7 Å². The summed E-state index contributed by atoms with van der Waals surface area (Å²) in [6.07, 6.45) is 1.33. The highest BCUT2D eigenvalue weighted by atomic mass is 19.1. The molecule has 1 aromatic carbocycles. The Balaban J connectivity index is 2.98. The zero-order valence-electron chi connectivity index (χ0n) is 11.4. The Hall–Kier alpha value is -1.76. The molecule has 0 amide bonds. The Morgan fingerprint density at radius 1 is 1.30 bits per heavy atom. The molecule has 0 aromatic heterocycles. The van der Waals surface area contributed by atoms with E-state index in [1.54, 1.807) is 0 Å². The lowest BCUT2D eigenvalue weighted by Gasteiger charge is -2.30. The second-order valence-electron chi connectivity index (χ2n) is 4.76. The van der Waals surface area contributed by atoms with Crippen LogP contribution in [0.25, 0.3) is 0 Å². The Labute approximate surface area is 115 Å². The Morgan fingerprint density at radius 3 is 2.35 bits per heavy atom. The van der Waals surface area contributed by atoms with Gasteiger partial charge in [-0.2, -0.15) is 4.39 Å². The van der Waals surface area contributed by atoms with E-state index in [9.17, 15) is 24.0 Å². The van der Waals surface area contributed by atoms with Gasteiger partial charge in [0.05, 0.1) is 17.2 Å². The van der Waals surface area contributed by atoms with Crippen molar-refractivity contribution in [3.05, 3.63) is 33.9 Å². The van der Waals surface area contributed by atoms with Crippen molar-refractivity contribution >= 4 is 11.4 Å². The first-order chi connectivity index (χ1) is 9.39. The first-order valence-electron chi connectivity index (χ1n) is 6.37. The fraction of sp³-hybridized carbons (Fsp3) is 0.538. The number of aliphatic hydroxyl groups excluding tert-OH is 1. The molecule has 0 radical (unpaired) electrons. The lowest BCUT2D eigenvalue weighted by Crippen LogP contribution is -2.32. The van der Waals surface area contributed by atoms with Gasteiger partial charge in [-0.25, -0.2) is 4.39 Å². The monoisotopic (exact) mass is 288 g/mol. The van der Waals surface area contributed by atoms with Gasteiger partial charge in [0, 0.05) is 24.1 Å². The number of nitro benzene ring substituents is 1. The van der Waals surface area contributed by atoms with Gasteiger partial charge in [-0.15, -0.1) is 0 Å². The van der Waals surface area contributed by atoms with Crippen LogP contribution in [0.4, 0.5) is 20.2 Å². The maximum Gasteiger partial charge on any atom is 0.307 e. The lowest BCUT2D eigenvalue weighted by molar-refractivity contribution is -0.387. The van der Waals surface area contributed by atoms with Crippen LogP contribution in [-0.2, 0) is 0 Å². The molecular formula is C13H18F2N2O3. The van der Waals surface area contributed by atoms with Crippen molar-refractivity contribution in [1.29, 1.82) is 0 Å². The number of hydrogen-bond donors (Lipinski definition) is 2. The third-order valence-corrected chi connectivity index (χ3v) is 3.72. The van der Waals surface area contributed by atoms with E-state index in [1.807, 2.05) is 13.8 Å². The van der Waals surface area contributed by atoms with Crippen LogP contribution in [0.15, 0.2) is 12.1 Å². The van der Waals surface area contributed by atoms with E-state index in [2.05, 4.69) is 5.32 Å². The van der Waals surface area contributed by atoms with Crippen LogP contribution in [0.5, 0.6) is 0 Å². The highest BCUT2D eigenvalue weighted by Gasteiger charge is 2.26. The Bertz CT molecular complexity index is 482. The third-order valence-electron chi connectivity index (χ3n) is 3.72. The van der Waals surface area contributed by atoms with Crippen molar-refractivity contribution in [2.24, 2.45) is 5.41 Å². The second-order valence-corrected chi connectivity index (χ2v) is 4.76. The van der Waals surface area contributed by atoms with Gasteiger partial charge in [-0.1, -0.05) is 13.8 Å². The minimum atomic E-state index is -1.21. The van der Waals surface area contributed by atoms with Crippen molar-refractivity contribution in [2.45, 2.75) is 26.7 Å². The summed E-state index contributed by atoms with van der Waals surface area (Å²) in [5, 5.41) is 22.8. The summed E-state index contributed by atoms with van der Waals surface area (Å²) < 4.78 is 26.8. The van der Waals surface area contributed by atoms with E-state index in [0.29, 0.717) is 18.9 Å². The maximum absolute atomic E-state index is 13.6. The molecule has 1 rings (SSSR count). The van der Waals surface area contributed by atoms with Crippen molar-refractivity contribution in [2.75, 3.05) is 18.5 Å². The molecule has 20 heavy (non-hydrogen) atoms. The zero-order valence-corrected chi connectivity index (χ0v) is 11.4. The first kappa shape index (κ1) is 16.3. The van der Waals surface area contributed by atoms with Crippen LogP contribution >= 0.6 is 0 Å². The van der Waals surface area contributed by atoms with Crippen LogP contribution in [-0.4, -0.2) is 23.2 Å². The van der Waals surface area contributed by atoms with E-state index in [1.165, 1.54) is 0 Å². The smallest absolute Gasteiger partial charge is 0.307 e. The minimum absolute atomic E-state index is 0.0854. The predicted molar refractivity (Wildman–Crippen MR) is 71.6 cm³/mol. The Kier molecular flexibility index (Phi) is 5.38. The number of benzene rings is 1. The van der Waals surface area contributed by atoms with Gasteiger partial charge in [-0.05, 0) is 12.8 Å². The molecule has 5 nitrogen and oxygen atoms in total. The molecular weight excluding hydrogens is 270 g/mol. The van der Waals surface area contributed by atoms with Crippen molar-refractivity contribution in [1.82, 2.24) is 0 Å². The highest BCUT2D eigenvalue weighted by molar-refractivity contribution is 5.53. The van der Waals surface area contributed by atoms with Gasteiger partial charge in [0.25, 0.3) is 0 Å². The first-order valence-corrected chi connectivity index (χ1v) is 6.37. The predicted octanol–water partition coefficient (Wildman–Crippen LogP) is 3.08. The van der Waals surface area contributed by atoms with Gasteiger partial charge < -0.3 is 10.4 Å². The molecule has 0 fully saturated rings. The van der Waals surface area contributed by atoms with Crippen molar-refractivity contribution < 1.29 is 18.8 Å². The molecule has 0 aliphatic carbocycles. The number of nitrogens with one attached hydrogen (secondary N) is 1. The molecule has 2 N–H and O–H groups in total. The topological polar surface area (TPSA) is 75.4 Å². The van der Waals surface area contributed by atoms with Crippen LogP contribution in [0.2, 0.25) is 0 Å². The quantitative estimate of drug-likeness (QED) is 0.597. The van der Waals surface area contributed by atoms with Crippen LogP contribution in [0, 0.1) is 27.2 Å². The standard InChI is InChI=1S/C13H18F2N2O3/c1-3-13(4-2,8-18)7-16-11-6-12(17(19)20)10(15)5-9(11)14/h5-6,16,18H,3-4,7-8H2,1-2H3. The zero-order chi connectivity index (χ0) is 15.3. The van der Waals surface area contributed by atoms with Gasteiger partial charge in [0.2, 0.25) is 5.82 Å². The third kappa shape index (κ3) is 3.41. The van der Waals surface area contributed by atoms with Crippen LogP contribution < -0.4 is 5.32 Å². The van der Waals surface area contributed by atoms with Crippen molar-refractivity contribution in [3.63, 3.8) is 0 Å². The van der Waals surface area contributed by atoms with Gasteiger partial charge >= 0.3 is 5.69 Å². The number of rotatable bonds is 7. The maximum atomic E-state index is 13.6. The number of aliphatic hydroxyl groups is 1. The summed E-state index contributed by atoms with van der Waals surface area (Å²) in [4.78, 5) is 9.73. The van der Waals surface area contributed by atoms with Crippen molar-refractivity contribution in [3.8, 4) is 0 Å². The molecule has 0 atom stereocenters. The summed E-state index contributed by atoms with van der Waals surface area (Å²) in [5.74, 6) is -2.11. The molecule has 1 aromatic rings. The van der Waals surface area contributed by atoms with Crippen LogP contribution in [0.3, 0.4) is 0 Å². The summed E-state index contributed by atoms with van der Waals surface area (Å²) in [6, 6.07) is 1.32. The molecule has 0 saturated heterocycles. The summed E-state index contributed by atoms with van der Waals surface area (Å²) in [6.45, 7) is 3.95. The van der Waals surface area contributed by atoms with Gasteiger partial charge in [-0.3, -0.25) is 10.1 Å². The van der Waals surface area contributed by atoms with E-state index >= 15 is 0 Å².